The summed E-state index contributed by atoms with van der Waals surface area (Å²) in [6, 6.07) is 10.5. The molecule has 2 aliphatic rings. The number of aromatic nitrogens is 2. The number of hydrogen-bond donors (Lipinski definition) is 1. The molecule has 1 aliphatic carbocycles. The summed E-state index contributed by atoms with van der Waals surface area (Å²) >= 11 is 1.73. The predicted molar refractivity (Wildman–Crippen MR) is 105 cm³/mol. The van der Waals surface area contributed by atoms with Crippen LogP contribution in [0.1, 0.15) is 47.9 Å². The van der Waals surface area contributed by atoms with Crippen molar-refractivity contribution in [1.29, 1.82) is 0 Å². The number of fused-ring (bicyclic) bond motifs is 1. The maximum Gasteiger partial charge on any atom is 0.234 e. The minimum absolute atomic E-state index is 0.260. The van der Waals surface area contributed by atoms with Gasteiger partial charge in [-0.1, -0.05) is 25.0 Å². The first-order chi connectivity index (χ1) is 12.7. The number of carbonyl (C=O) groups excluding carboxylic acids is 1. The van der Waals surface area contributed by atoms with Crippen LogP contribution >= 0.6 is 11.3 Å². The van der Waals surface area contributed by atoms with Crippen molar-refractivity contribution in [2.24, 2.45) is 0 Å². The van der Waals surface area contributed by atoms with Gasteiger partial charge in [0.2, 0.25) is 5.91 Å². The van der Waals surface area contributed by atoms with Gasteiger partial charge in [0.15, 0.2) is 0 Å². The van der Waals surface area contributed by atoms with E-state index in [1.165, 1.54) is 10.4 Å². The van der Waals surface area contributed by atoms with Crippen molar-refractivity contribution in [2.75, 3.05) is 13.1 Å². The number of carbonyl (C=O) groups is 1. The Labute approximate surface area is 157 Å². The van der Waals surface area contributed by atoms with E-state index in [9.17, 15) is 4.79 Å². The molecule has 0 unspecified atom stereocenters. The number of nitrogens with zero attached hydrogens (tertiary/aromatic N) is 2. The molecule has 0 atom stereocenters. The summed E-state index contributed by atoms with van der Waals surface area (Å²) in [7, 11) is 0. The van der Waals surface area contributed by atoms with E-state index in [-0.39, 0.29) is 5.41 Å². The molecule has 0 bridgehead atoms. The number of hydrogen-bond acceptors (Lipinski definition) is 3. The Morgan fingerprint density at radius 3 is 2.81 bits per heavy atom. The molecule has 4 nitrogen and oxygen atoms in total. The normalized spacial score (nSPS) is 19.8. The third kappa shape index (κ3) is 2.41. The number of imidazole rings is 1. The smallest absolute Gasteiger partial charge is 0.234 e. The molecule has 1 saturated carbocycles. The van der Waals surface area contributed by atoms with Gasteiger partial charge in [0.05, 0.1) is 22.4 Å². The van der Waals surface area contributed by atoms with Crippen molar-refractivity contribution in [2.45, 2.75) is 43.9 Å². The van der Waals surface area contributed by atoms with Crippen LogP contribution in [0.5, 0.6) is 0 Å². The summed E-state index contributed by atoms with van der Waals surface area (Å²) in [5.74, 6) is 1.68. The van der Waals surface area contributed by atoms with Crippen molar-refractivity contribution in [3.8, 4) is 0 Å². The van der Waals surface area contributed by atoms with Crippen LogP contribution in [-0.4, -0.2) is 33.9 Å². The molecule has 3 heterocycles. The van der Waals surface area contributed by atoms with Crippen LogP contribution < -0.4 is 0 Å². The second kappa shape index (κ2) is 5.95. The summed E-state index contributed by atoms with van der Waals surface area (Å²) in [6.45, 7) is 3.66. The number of likely N-dealkylation sites (tertiary alicyclic amines) is 1. The lowest BCUT2D eigenvalue weighted by Gasteiger charge is -2.43. The molecule has 2 aromatic heterocycles. The Bertz CT molecular complexity index is 947. The maximum atomic E-state index is 13.3. The Kier molecular flexibility index (Phi) is 3.67. The topological polar surface area (TPSA) is 49.0 Å². The number of aryl methyl sites for hydroxylation is 1. The number of aromatic amines is 1. The third-order valence-electron chi connectivity index (χ3n) is 6.07. The van der Waals surface area contributed by atoms with Crippen LogP contribution in [0.3, 0.4) is 0 Å². The molecule has 134 valence electrons. The lowest BCUT2D eigenvalue weighted by Crippen LogP contribution is -2.55. The average Bonchev–Trinajstić information content (AvgIpc) is 3.33. The van der Waals surface area contributed by atoms with Gasteiger partial charge in [0.25, 0.3) is 0 Å². The van der Waals surface area contributed by atoms with Crippen LogP contribution in [0.25, 0.3) is 11.0 Å². The zero-order chi connectivity index (χ0) is 17.7. The van der Waals surface area contributed by atoms with E-state index in [0.717, 1.165) is 55.6 Å². The summed E-state index contributed by atoms with van der Waals surface area (Å²) in [6.07, 6.45) is 4.31. The van der Waals surface area contributed by atoms with E-state index in [0.29, 0.717) is 11.8 Å². The number of thiophene rings is 1. The molecular formula is C21H23N3OS. The number of benzene rings is 1. The Morgan fingerprint density at radius 2 is 2.08 bits per heavy atom. The highest BCUT2D eigenvalue weighted by molar-refractivity contribution is 7.10. The van der Waals surface area contributed by atoms with Gasteiger partial charge in [-0.15, -0.1) is 11.3 Å². The highest BCUT2D eigenvalue weighted by Crippen LogP contribution is 2.46. The molecule has 5 heteroatoms. The van der Waals surface area contributed by atoms with Gasteiger partial charge < -0.3 is 9.88 Å². The second-order valence-corrected chi connectivity index (χ2v) is 8.76. The van der Waals surface area contributed by atoms with Crippen molar-refractivity contribution in [3.05, 3.63) is 52.0 Å². The highest BCUT2D eigenvalue weighted by atomic mass is 32.1. The fourth-order valence-electron chi connectivity index (χ4n) is 4.55. The summed E-state index contributed by atoms with van der Waals surface area (Å²) in [5, 5.41) is 2.10. The van der Waals surface area contributed by atoms with Gasteiger partial charge in [-0.2, -0.15) is 0 Å². The summed E-state index contributed by atoms with van der Waals surface area (Å²) in [4.78, 5) is 24.8. The lowest BCUT2D eigenvalue weighted by molar-refractivity contribution is -0.142. The van der Waals surface area contributed by atoms with Crippen LogP contribution in [0, 0.1) is 6.92 Å². The quantitative estimate of drug-likeness (QED) is 0.749. The van der Waals surface area contributed by atoms with E-state index in [1.54, 1.807) is 11.3 Å². The van der Waals surface area contributed by atoms with Gasteiger partial charge in [0, 0.05) is 18.0 Å². The van der Waals surface area contributed by atoms with E-state index in [2.05, 4.69) is 47.6 Å². The zero-order valence-electron chi connectivity index (χ0n) is 15.0. The Morgan fingerprint density at radius 1 is 1.27 bits per heavy atom. The minimum Gasteiger partial charge on any atom is -0.342 e. The molecule has 3 aromatic rings. The molecule has 0 radical (unpaired) electrons. The minimum atomic E-state index is -0.260. The maximum absolute atomic E-state index is 13.3. The van der Waals surface area contributed by atoms with Gasteiger partial charge in [-0.25, -0.2) is 4.98 Å². The molecule has 1 aromatic carbocycles. The van der Waals surface area contributed by atoms with Gasteiger partial charge in [-0.3, -0.25) is 4.79 Å². The third-order valence-corrected chi connectivity index (χ3v) is 7.14. The summed E-state index contributed by atoms with van der Waals surface area (Å²) < 4.78 is 0. The predicted octanol–water partition coefficient (Wildman–Crippen LogP) is 4.37. The molecule has 5 rings (SSSR count). The van der Waals surface area contributed by atoms with Gasteiger partial charge in [0.1, 0.15) is 5.82 Å². The standard InChI is InChI=1S/C21H23N3OS/c1-14-6-7-16-17(11-14)23-19(22-16)15-12-24(13-15)20(25)21(8-2-3-9-21)18-5-4-10-26-18/h4-7,10-11,15H,2-3,8-9,12-13H2,1H3,(H,22,23). The number of rotatable bonds is 3. The first-order valence-corrected chi connectivity index (χ1v) is 10.3. The van der Waals surface area contributed by atoms with Crippen molar-refractivity contribution < 1.29 is 4.79 Å². The summed E-state index contributed by atoms with van der Waals surface area (Å²) in [5.41, 5.74) is 3.08. The van der Waals surface area contributed by atoms with Crippen molar-refractivity contribution in [3.63, 3.8) is 0 Å². The lowest BCUT2D eigenvalue weighted by atomic mass is 9.81. The monoisotopic (exact) mass is 365 g/mol. The van der Waals surface area contributed by atoms with Gasteiger partial charge in [-0.05, 0) is 48.9 Å². The fourth-order valence-corrected chi connectivity index (χ4v) is 5.53. The molecule has 2 fully saturated rings. The number of H-pyrrole nitrogens is 1. The largest absolute Gasteiger partial charge is 0.342 e. The van der Waals surface area contributed by atoms with E-state index in [1.807, 2.05) is 4.90 Å². The van der Waals surface area contributed by atoms with E-state index in [4.69, 9.17) is 4.98 Å². The second-order valence-electron chi connectivity index (χ2n) is 7.82. The first kappa shape index (κ1) is 16.1. The highest BCUT2D eigenvalue weighted by Gasteiger charge is 2.48. The molecule has 26 heavy (non-hydrogen) atoms. The number of amides is 1. The van der Waals surface area contributed by atoms with Crippen LogP contribution in [0.15, 0.2) is 35.7 Å². The molecule has 1 N–H and O–H groups in total. The van der Waals surface area contributed by atoms with E-state index < -0.39 is 0 Å². The van der Waals surface area contributed by atoms with Crippen LogP contribution in [0.4, 0.5) is 0 Å². The van der Waals surface area contributed by atoms with E-state index >= 15 is 0 Å². The number of nitrogens with one attached hydrogen (secondary N) is 1. The molecule has 1 aliphatic heterocycles. The zero-order valence-corrected chi connectivity index (χ0v) is 15.8. The van der Waals surface area contributed by atoms with Crippen molar-refractivity contribution in [1.82, 2.24) is 14.9 Å². The van der Waals surface area contributed by atoms with Crippen LogP contribution in [0.2, 0.25) is 0 Å². The fraction of sp³-hybridized carbons (Fsp3) is 0.429. The van der Waals surface area contributed by atoms with Crippen molar-refractivity contribution >= 4 is 28.3 Å². The van der Waals surface area contributed by atoms with Crippen LogP contribution in [-0.2, 0) is 10.2 Å². The Balaban J connectivity index is 1.34. The molecule has 1 amide bonds. The SMILES string of the molecule is Cc1ccc2nc(C3CN(C(=O)C4(c5cccs5)CCCC4)C3)[nH]c2c1. The van der Waals surface area contributed by atoms with Gasteiger partial charge >= 0.3 is 0 Å². The average molecular weight is 366 g/mol. The first-order valence-electron chi connectivity index (χ1n) is 9.45. The molecule has 0 spiro atoms. The molecular weight excluding hydrogens is 342 g/mol. The Hall–Kier alpha value is -2.14. The molecule has 1 saturated heterocycles.